The molecule has 0 aromatic heterocycles. The van der Waals surface area contributed by atoms with Gasteiger partial charge in [-0.15, -0.1) is 0 Å². The number of aliphatic imine (C=N–C) groups is 1. The number of nitrogens with zero attached hydrogens (tertiary/aromatic N) is 1. The molecule has 2 rings (SSSR count). The van der Waals surface area contributed by atoms with E-state index in [0.717, 1.165) is 57.6 Å². The van der Waals surface area contributed by atoms with E-state index in [-0.39, 0.29) is 0 Å². The molecule has 0 aromatic carbocycles. The molecule has 5 nitrogen and oxygen atoms in total. The Hall–Kier alpha value is -0.810. The van der Waals surface area contributed by atoms with E-state index < -0.39 is 0 Å². The Balaban J connectivity index is 1.54. The molecule has 0 radical (unpaired) electrons. The maximum Gasteiger partial charge on any atom is 0.191 e. The zero-order valence-electron chi connectivity index (χ0n) is 14.3. The molecule has 2 aliphatic rings. The molecular weight excluding hydrogens is 278 g/mol. The third-order valence-electron chi connectivity index (χ3n) is 4.29. The van der Waals surface area contributed by atoms with Crippen molar-refractivity contribution in [2.75, 3.05) is 32.9 Å². The van der Waals surface area contributed by atoms with Crippen LogP contribution in [0.3, 0.4) is 0 Å². The fourth-order valence-electron chi connectivity index (χ4n) is 2.96. The number of rotatable bonds is 10. The van der Waals surface area contributed by atoms with Gasteiger partial charge < -0.3 is 20.1 Å². The normalized spacial score (nSPS) is 27.9. The molecule has 128 valence electrons. The highest BCUT2D eigenvalue weighted by Gasteiger charge is 2.36. The Kier molecular flexibility index (Phi) is 8.02. The van der Waals surface area contributed by atoms with Gasteiger partial charge in [0.2, 0.25) is 0 Å². The summed E-state index contributed by atoms with van der Waals surface area (Å²) in [6.07, 6.45) is 7.51. The van der Waals surface area contributed by atoms with Crippen LogP contribution in [-0.4, -0.2) is 51.0 Å². The summed E-state index contributed by atoms with van der Waals surface area (Å²) in [6.45, 7) is 8.49. The van der Waals surface area contributed by atoms with Crippen molar-refractivity contribution in [2.24, 2.45) is 10.9 Å². The summed E-state index contributed by atoms with van der Waals surface area (Å²) < 4.78 is 11.2. The first-order chi connectivity index (χ1) is 10.8. The highest BCUT2D eigenvalue weighted by atomic mass is 16.5. The SMILES string of the molecule is CCCC1CC1NC(=NCCCOCC1CCCO1)NCC. The molecule has 2 fully saturated rings. The Morgan fingerprint density at radius 1 is 1.36 bits per heavy atom. The van der Waals surface area contributed by atoms with Gasteiger partial charge in [-0.25, -0.2) is 0 Å². The van der Waals surface area contributed by atoms with E-state index in [0.29, 0.717) is 12.1 Å². The molecule has 1 saturated carbocycles. The van der Waals surface area contributed by atoms with E-state index >= 15 is 0 Å². The summed E-state index contributed by atoms with van der Waals surface area (Å²) in [5, 5.41) is 6.87. The maximum atomic E-state index is 5.67. The average molecular weight is 311 g/mol. The summed E-state index contributed by atoms with van der Waals surface area (Å²) in [4.78, 5) is 4.64. The number of guanidine groups is 1. The summed E-state index contributed by atoms with van der Waals surface area (Å²) in [5.41, 5.74) is 0. The zero-order chi connectivity index (χ0) is 15.6. The fraction of sp³-hybridized carbons (Fsp3) is 0.941. The molecule has 1 heterocycles. The lowest BCUT2D eigenvalue weighted by molar-refractivity contribution is 0.0171. The fourth-order valence-corrected chi connectivity index (χ4v) is 2.96. The molecule has 1 saturated heterocycles. The molecule has 0 aromatic rings. The van der Waals surface area contributed by atoms with Gasteiger partial charge in [0.25, 0.3) is 0 Å². The van der Waals surface area contributed by atoms with Crippen LogP contribution >= 0.6 is 0 Å². The minimum absolute atomic E-state index is 0.327. The molecule has 2 N–H and O–H groups in total. The number of hydrogen-bond acceptors (Lipinski definition) is 3. The monoisotopic (exact) mass is 311 g/mol. The van der Waals surface area contributed by atoms with E-state index in [2.05, 4.69) is 29.5 Å². The Labute approximate surface area is 135 Å². The van der Waals surface area contributed by atoms with Crippen molar-refractivity contribution in [1.29, 1.82) is 0 Å². The molecule has 3 atom stereocenters. The van der Waals surface area contributed by atoms with Crippen LogP contribution in [0.25, 0.3) is 0 Å². The lowest BCUT2D eigenvalue weighted by Gasteiger charge is -2.12. The lowest BCUT2D eigenvalue weighted by atomic mass is 10.2. The molecule has 3 unspecified atom stereocenters. The van der Waals surface area contributed by atoms with Gasteiger partial charge in [-0.05, 0) is 44.9 Å². The van der Waals surface area contributed by atoms with Crippen LogP contribution in [0.15, 0.2) is 4.99 Å². The molecule has 1 aliphatic heterocycles. The second-order valence-electron chi connectivity index (χ2n) is 6.36. The minimum atomic E-state index is 0.327. The predicted octanol–water partition coefficient (Wildman–Crippen LogP) is 2.32. The average Bonchev–Trinajstić information content (AvgIpc) is 3.02. The summed E-state index contributed by atoms with van der Waals surface area (Å²) in [6, 6.07) is 0.633. The first-order valence-electron chi connectivity index (χ1n) is 9.07. The van der Waals surface area contributed by atoms with Crippen LogP contribution in [0.1, 0.15) is 52.4 Å². The largest absolute Gasteiger partial charge is 0.379 e. The number of ether oxygens (including phenoxy) is 2. The van der Waals surface area contributed by atoms with Gasteiger partial charge in [0, 0.05) is 32.3 Å². The second-order valence-corrected chi connectivity index (χ2v) is 6.36. The van der Waals surface area contributed by atoms with Crippen LogP contribution < -0.4 is 10.6 Å². The minimum Gasteiger partial charge on any atom is -0.379 e. The second kappa shape index (κ2) is 10.1. The molecule has 0 amide bonds. The van der Waals surface area contributed by atoms with Crippen molar-refractivity contribution >= 4 is 5.96 Å². The smallest absolute Gasteiger partial charge is 0.191 e. The van der Waals surface area contributed by atoms with E-state index in [9.17, 15) is 0 Å². The third kappa shape index (κ3) is 6.53. The van der Waals surface area contributed by atoms with Crippen molar-refractivity contribution in [1.82, 2.24) is 10.6 Å². The third-order valence-corrected chi connectivity index (χ3v) is 4.29. The quantitative estimate of drug-likeness (QED) is 0.369. The molecule has 1 aliphatic carbocycles. The predicted molar refractivity (Wildman–Crippen MR) is 90.3 cm³/mol. The Morgan fingerprint density at radius 3 is 3.00 bits per heavy atom. The van der Waals surface area contributed by atoms with Crippen LogP contribution in [-0.2, 0) is 9.47 Å². The van der Waals surface area contributed by atoms with E-state index in [1.165, 1.54) is 25.7 Å². The highest BCUT2D eigenvalue weighted by Crippen LogP contribution is 2.34. The zero-order valence-corrected chi connectivity index (χ0v) is 14.3. The lowest BCUT2D eigenvalue weighted by Crippen LogP contribution is -2.39. The first-order valence-corrected chi connectivity index (χ1v) is 9.07. The van der Waals surface area contributed by atoms with Gasteiger partial charge in [-0.3, -0.25) is 4.99 Å². The van der Waals surface area contributed by atoms with E-state index in [4.69, 9.17) is 9.47 Å². The van der Waals surface area contributed by atoms with Crippen molar-refractivity contribution in [3.05, 3.63) is 0 Å². The van der Waals surface area contributed by atoms with E-state index in [1.807, 2.05) is 0 Å². The first kappa shape index (κ1) is 17.5. The Morgan fingerprint density at radius 2 is 2.27 bits per heavy atom. The maximum absolute atomic E-state index is 5.67. The summed E-state index contributed by atoms with van der Waals surface area (Å²) >= 11 is 0. The van der Waals surface area contributed by atoms with Crippen molar-refractivity contribution in [2.45, 2.75) is 64.5 Å². The molecule has 5 heteroatoms. The van der Waals surface area contributed by atoms with Crippen molar-refractivity contribution in [3.63, 3.8) is 0 Å². The number of hydrogen-bond donors (Lipinski definition) is 2. The molecule has 22 heavy (non-hydrogen) atoms. The van der Waals surface area contributed by atoms with Crippen LogP contribution in [0.4, 0.5) is 0 Å². The van der Waals surface area contributed by atoms with Crippen LogP contribution in [0, 0.1) is 5.92 Å². The van der Waals surface area contributed by atoms with Gasteiger partial charge in [0.1, 0.15) is 0 Å². The van der Waals surface area contributed by atoms with Crippen LogP contribution in [0.2, 0.25) is 0 Å². The highest BCUT2D eigenvalue weighted by molar-refractivity contribution is 5.80. The van der Waals surface area contributed by atoms with Crippen molar-refractivity contribution < 1.29 is 9.47 Å². The number of nitrogens with one attached hydrogen (secondary N) is 2. The summed E-state index contributed by atoms with van der Waals surface area (Å²) in [7, 11) is 0. The van der Waals surface area contributed by atoms with Gasteiger partial charge in [-0.2, -0.15) is 0 Å². The summed E-state index contributed by atoms with van der Waals surface area (Å²) in [5.74, 6) is 1.81. The topological polar surface area (TPSA) is 54.9 Å². The van der Waals surface area contributed by atoms with Crippen LogP contribution in [0.5, 0.6) is 0 Å². The molecule has 0 spiro atoms. The van der Waals surface area contributed by atoms with Crippen molar-refractivity contribution in [3.8, 4) is 0 Å². The molecular formula is C17H33N3O2. The standard InChI is InChI=1S/C17H33N3O2/c1-3-7-14-12-16(14)20-17(18-4-2)19-9-6-10-21-13-15-8-5-11-22-15/h14-16H,3-13H2,1-2H3,(H2,18,19,20). The van der Waals surface area contributed by atoms with Gasteiger partial charge in [-0.1, -0.05) is 13.3 Å². The Bertz CT molecular complexity index is 330. The van der Waals surface area contributed by atoms with Gasteiger partial charge in [0.15, 0.2) is 5.96 Å². The van der Waals surface area contributed by atoms with Gasteiger partial charge >= 0.3 is 0 Å². The van der Waals surface area contributed by atoms with Gasteiger partial charge in [0.05, 0.1) is 12.7 Å². The molecule has 0 bridgehead atoms. The van der Waals surface area contributed by atoms with E-state index in [1.54, 1.807) is 0 Å².